The number of carboxylic acid groups (broad SMARTS) is 1. The molecule has 1 aromatic carbocycles. The molecular weight excluding hydrogens is 266 g/mol. The zero-order chi connectivity index (χ0) is 15.7. The molecule has 0 radical (unpaired) electrons. The minimum atomic E-state index is -0.898. The number of aliphatic hydroxyl groups is 1. The van der Waals surface area contributed by atoms with E-state index >= 15 is 0 Å². The molecule has 0 aliphatic rings. The molecular formula is C17H27NO3. The van der Waals surface area contributed by atoms with E-state index in [2.05, 4.69) is 19.2 Å². The summed E-state index contributed by atoms with van der Waals surface area (Å²) in [7, 11) is 0. The number of aliphatic hydroxyl groups excluding tert-OH is 1. The molecule has 4 nitrogen and oxygen atoms in total. The Labute approximate surface area is 127 Å². The van der Waals surface area contributed by atoms with Gasteiger partial charge in [0.05, 0.1) is 12.5 Å². The molecule has 0 fully saturated rings. The van der Waals surface area contributed by atoms with Gasteiger partial charge in [-0.15, -0.1) is 0 Å². The highest BCUT2D eigenvalue weighted by molar-refractivity contribution is 5.67. The van der Waals surface area contributed by atoms with Gasteiger partial charge in [-0.1, -0.05) is 51.0 Å². The molecule has 0 amide bonds. The Kier molecular flexibility index (Phi) is 8.01. The second-order valence-electron chi connectivity index (χ2n) is 5.45. The van der Waals surface area contributed by atoms with Crippen LogP contribution in [0.1, 0.15) is 56.8 Å². The quantitative estimate of drug-likeness (QED) is 0.580. The fraction of sp³-hybridized carbons (Fsp3) is 0.588. The maximum Gasteiger partial charge on any atom is 0.305 e. The topological polar surface area (TPSA) is 69.6 Å². The summed E-state index contributed by atoms with van der Waals surface area (Å²) < 4.78 is 0. The Morgan fingerprint density at radius 3 is 2.38 bits per heavy atom. The molecule has 0 bridgehead atoms. The molecule has 0 saturated carbocycles. The Morgan fingerprint density at radius 2 is 1.86 bits per heavy atom. The molecule has 0 aliphatic heterocycles. The van der Waals surface area contributed by atoms with Crippen LogP contribution in [-0.2, 0) is 11.2 Å². The second-order valence-corrected chi connectivity index (χ2v) is 5.45. The maximum atomic E-state index is 11.0. The largest absolute Gasteiger partial charge is 0.481 e. The summed E-state index contributed by atoms with van der Waals surface area (Å²) >= 11 is 0. The molecule has 3 N–H and O–H groups in total. The lowest BCUT2D eigenvalue weighted by molar-refractivity contribution is -0.138. The van der Waals surface area contributed by atoms with E-state index in [1.165, 1.54) is 5.56 Å². The van der Waals surface area contributed by atoms with Gasteiger partial charge in [-0.05, 0) is 30.5 Å². The SMILES string of the molecule is CCCCNC(CC(=O)O)C(O)c1ccc(CCC)cc1. The first-order chi connectivity index (χ1) is 10.1. The van der Waals surface area contributed by atoms with Gasteiger partial charge in [-0.2, -0.15) is 0 Å². The van der Waals surface area contributed by atoms with Crippen molar-refractivity contribution in [1.29, 1.82) is 0 Å². The van der Waals surface area contributed by atoms with Crippen LogP contribution in [0.2, 0.25) is 0 Å². The van der Waals surface area contributed by atoms with Crippen molar-refractivity contribution in [3.05, 3.63) is 35.4 Å². The second kappa shape index (κ2) is 9.53. The Balaban J connectivity index is 2.72. The van der Waals surface area contributed by atoms with E-state index in [1.807, 2.05) is 24.3 Å². The van der Waals surface area contributed by atoms with Gasteiger partial charge in [-0.3, -0.25) is 4.79 Å². The highest BCUT2D eigenvalue weighted by Gasteiger charge is 2.22. The zero-order valence-corrected chi connectivity index (χ0v) is 13.0. The number of carbonyl (C=O) groups is 1. The lowest BCUT2D eigenvalue weighted by atomic mass is 9.97. The van der Waals surface area contributed by atoms with E-state index in [-0.39, 0.29) is 6.42 Å². The van der Waals surface area contributed by atoms with Crippen molar-refractivity contribution in [2.75, 3.05) is 6.54 Å². The zero-order valence-electron chi connectivity index (χ0n) is 13.0. The van der Waals surface area contributed by atoms with Crippen LogP contribution in [0, 0.1) is 0 Å². The number of hydrogen-bond acceptors (Lipinski definition) is 3. The van der Waals surface area contributed by atoms with Crippen LogP contribution in [0.25, 0.3) is 0 Å². The van der Waals surface area contributed by atoms with Gasteiger partial charge < -0.3 is 15.5 Å². The Hall–Kier alpha value is -1.39. The van der Waals surface area contributed by atoms with Gasteiger partial charge in [0.1, 0.15) is 0 Å². The maximum absolute atomic E-state index is 11.0. The third-order valence-corrected chi connectivity index (χ3v) is 3.57. The van der Waals surface area contributed by atoms with Gasteiger partial charge >= 0.3 is 5.97 Å². The predicted octanol–water partition coefficient (Wildman–Crippen LogP) is 2.91. The molecule has 0 spiro atoms. The van der Waals surface area contributed by atoms with Crippen molar-refractivity contribution >= 4 is 5.97 Å². The number of aryl methyl sites for hydroxylation is 1. The molecule has 4 heteroatoms. The number of aliphatic carboxylic acids is 1. The fourth-order valence-electron chi connectivity index (χ4n) is 2.35. The van der Waals surface area contributed by atoms with Crippen LogP contribution in [0.15, 0.2) is 24.3 Å². The van der Waals surface area contributed by atoms with Crippen molar-refractivity contribution in [2.24, 2.45) is 0 Å². The average molecular weight is 293 g/mol. The van der Waals surface area contributed by atoms with E-state index < -0.39 is 18.1 Å². The standard InChI is InChI=1S/C17H27NO3/c1-3-5-11-18-15(12-16(19)20)17(21)14-9-7-13(6-4-2)8-10-14/h7-10,15,17-18,21H,3-6,11-12H2,1-2H3,(H,19,20). The van der Waals surface area contributed by atoms with Gasteiger partial charge in [0.25, 0.3) is 0 Å². The van der Waals surface area contributed by atoms with Gasteiger partial charge in [-0.25, -0.2) is 0 Å². The number of benzene rings is 1. The molecule has 2 unspecified atom stereocenters. The van der Waals surface area contributed by atoms with Crippen LogP contribution in [0.5, 0.6) is 0 Å². The lowest BCUT2D eigenvalue weighted by Gasteiger charge is -2.23. The molecule has 1 aromatic rings. The van der Waals surface area contributed by atoms with Crippen LogP contribution >= 0.6 is 0 Å². The van der Waals surface area contributed by atoms with Crippen molar-refractivity contribution in [2.45, 2.75) is 58.1 Å². The summed E-state index contributed by atoms with van der Waals surface area (Å²) in [5.41, 5.74) is 2.01. The van der Waals surface area contributed by atoms with Crippen molar-refractivity contribution in [1.82, 2.24) is 5.32 Å². The van der Waals surface area contributed by atoms with Crippen LogP contribution in [-0.4, -0.2) is 28.8 Å². The van der Waals surface area contributed by atoms with Gasteiger partial charge in [0, 0.05) is 6.04 Å². The Morgan fingerprint density at radius 1 is 1.19 bits per heavy atom. The minimum Gasteiger partial charge on any atom is -0.481 e. The van der Waals surface area contributed by atoms with Gasteiger partial charge in [0.2, 0.25) is 0 Å². The molecule has 21 heavy (non-hydrogen) atoms. The fourth-order valence-corrected chi connectivity index (χ4v) is 2.35. The highest BCUT2D eigenvalue weighted by atomic mass is 16.4. The molecule has 0 saturated heterocycles. The van der Waals surface area contributed by atoms with E-state index in [0.717, 1.165) is 37.8 Å². The summed E-state index contributed by atoms with van der Waals surface area (Å²) in [5, 5.41) is 22.6. The normalized spacial score (nSPS) is 13.9. The van der Waals surface area contributed by atoms with Crippen LogP contribution < -0.4 is 5.32 Å². The third-order valence-electron chi connectivity index (χ3n) is 3.57. The highest BCUT2D eigenvalue weighted by Crippen LogP contribution is 2.20. The third kappa shape index (κ3) is 6.27. The minimum absolute atomic E-state index is 0.0818. The number of carboxylic acids is 1. The smallest absolute Gasteiger partial charge is 0.305 e. The molecule has 0 aromatic heterocycles. The van der Waals surface area contributed by atoms with Crippen LogP contribution in [0.3, 0.4) is 0 Å². The summed E-state index contributed by atoms with van der Waals surface area (Å²) in [4.78, 5) is 11.0. The monoisotopic (exact) mass is 293 g/mol. The van der Waals surface area contributed by atoms with Crippen LogP contribution in [0.4, 0.5) is 0 Å². The van der Waals surface area contributed by atoms with Crippen molar-refractivity contribution < 1.29 is 15.0 Å². The molecule has 0 aliphatic carbocycles. The van der Waals surface area contributed by atoms with E-state index in [9.17, 15) is 9.90 Å². The molecule has 1 rings (SSSR count). The van der Waals surface area contributed by atoms with Crippen molar-refractivity contribution in [3.8, 4) is 0 Å². The summed E-state index contributed by atoms with van der Waals surface area (Å²) in [6, 6.07) is 7.35. The number of rotatable bonds is 10. The first-order valence-electron chi connectivity index (χ1n) is 7.80. The molecule has 118 valence electrons. The summed E-state index contributed by atoms with van der Waals surface area (Å²) in [6.07, 6.45) is 3.23. The van der Waals surface area contributed by atoms with E-state index in [1.54, 1.807) is 0 Å². The average Bonchev–Trinajstić information content (AvgIpc) is 2.46. The van der Waals surface area contributed by atoms with Crippen molar-refractivity contribution in [3.63, 3.8) is 0 Å². The first-order valence-corrected chi connectivity index (χ1v) is 7.80. The lowest BCUT2D eigenvalue weighted by Crippen LogP contribution is -2.37. The molecule has 2 atom stereocenters. The van der Waals surface area contributed by atoms with E-state index in [4.69, 9.17) is 5.11 Å². The van der Waals surface area contributed by atoms with Gasteiger partial charge in [0.15, 0.2) is 0 Å². The number of unbranched alkanes of at least 4 members (excludes halogenated alkanes) is 1. The predicted molar refractivity (Wildman–Crippen MR) is 84.3 cm³/mol. The first kappa shape index (κ1) is 17.7. The Bertz CT molecular complexity index is 417. The summed E-state index contributed by atoms with van der Waals surface area (Å²) in [6.45, 7) is 4.93. The number of hydrogen-bond donors (Lipinski definition) is 3. The number of nitrogens with one attached hydrogen (secondary N) is 1. The summed E-state index contributed by atoms with van der Waals surface area (Å²) in [5.74, 6) is -0.898. The molecule has 0 heterocycles. The van der Waals surface area contributed by atoms with E-state index in [0.29, 0.717) is 0 Å².